The van der Waals surface area contributed by atoms with Gasteiger partial charge in [0, 0.05) is 7.11 Å². The second-order valence-electron chi connectivity index (χ2n) is 6.09. The van der Waals surface area contributed by atoms with Gasteiger partial charge in [-0.1, -0.05) is 6.92 Å². The van der Waals surface area contributed by atoms with Crippen molar-refractivity contribution in [2.75, 3.05) is 13.7 Å². The summed E-state index contributed by atoms with van der Waals surface area (Å²) in [6, 6.07) is 6.97. The van der Waals surface area contributed by atoms with Crippen LogP contribution in [0.4, 0.5) is 4.39 Å². The van der Waals surface area contributed by atoms with Crippen LogP contribution in [0.2, 0.25) is 0 Å². The molecule has 0 amide bonds. The van der Waals surface area contributed by atoms with Crippen molar-refractivity contribution in [3.63, 3.8) is 0 Å². The highest BCUT2D eigenvalue weighted by molar-refractivity contribution is 6.03. The molecule has 0 saturated carbocycles. The Morgan fingerprint density at radius 3 is 2.54 bits per heavy atom. The summed E-state index contributed by atoms with van der Waals surface area (Å²) in [5.41, 5.74) is -0.987. The van der Waals surface area contributed by atoms with Crippen LogP contribution in [-0.4, -0.2) is 35.3 Å². The van der Waals surface area contributed by atoms with Crippen molar-refractivity contribution in [2.24, 2.45) is 0 Å². The fourth-order valence-electron chi connectivity index (χ4n) is 2.80. The highest BCUT2D eigenvalue weighted by Gasteiger charge is 2.29. The maximum Gasteiger partial charge on any atom is 0.271 e. The standard InChI is InChI=1S/C20H21FN2O5/c1-4-16(28-14-7-5-13(21)6-8-14)18(24)17-12(2)15(11-22)19(25)23(20(17)26)9-10-27-3/h5-8,16,26H,4,9-10H2,1-3H3. The Morgan fingerprint density at radius 1 is 1.36 bits per heavy atom. The van der Waals surface area contributed by atoms with Crippen molar-refractivity contribution in [3.8, 4) is 17.7 Å². The summed E-state index contributed by atoms with van der Waals surface area (Å²) < 4.78 is 24.6. The summed E-state index contributed by atoms with van der Waals surface area (Å²) in [7, 11) is 1.43. The first-order valence-corrected chi connectivity index (χ1v) is 8.67. The summed E-state index contributed by atoms with van der Waals surface area (Å²) in [5.74, 6) is -1.27. The van der Waals surface area contributed by atoms with E-state index < -0.39 is 29.1 Å². The van der Waals surface area contributed by atoms with Crippen LogP contribution in [0.25, 0.3) is 0 Å². The topological polar surface area (TPSA) is 102 Å². The molecule has 8 heteroatoms. The van der Waals surface area contributed by atoms with E-state index in [0.717, 1.165) is 4.57 Å². The van der Waals surface area contributed by atoms with Crippen molar-refractivity contribution in [2.45, 2.75) is 32.9 Å². The van der Waals surface area contributed by atoms with Crippen molar-refractivity contribution >= 4 is 5.78 Å². The molecule has 1 aromatic carbocycles. The molecule has 0 radical (unpaired) electrons. The molecule has 1 atom stereocenters. The molecular weight excluding hydrogens is 367 g/mol. The number of nitrogens with zero attached hydrogens (tertiary/aromatic N) is 2. The van der Waals surface area contributed by atoms with Crippen LogP contribution in [0.3, 0.4) is 0 Å². The fraction of sp³-hybridized carbons (Fsp3) is 0.350. The van der Waals surface area contributed by atoms with Crippen LogP contribution in [0.5, 0.6) is 11.6 Å². The van der Waals surface area contributed by atoms with Crippen LogP contribution >= 0.6 is 0 Å². The minimum atomic E-state index is -0.991. The van der Waals surface area contributed by atoms with Gasteiger partial charge in [0.2, 0.25) is 11.7 Å². The summed E-state index contributed by atoms with van der Waals surface area (Å²) in [6.45, 7) is 3.23. The lowest BCUT2D eigenvalue weighted by Gasteiger charge is -2.20. The number of hydrogen-bond donors (Lipinski definition) is 1. The number of ether oxygens (including phenoxy) is 2. The molecule has 0 aliphatic heterocycles. The van der Waals surface area contributed by atoms with E-state index in [4.69, 9.17) is 9.47 Å². The number of rotatable bonds is 8. The van der Waals surface area contributed by atoms with Crippen LogP contribution < -0.4 is 10.3 Å². The van der Waals surface area contributed by atoms with Crippen LogP contribution in [0.1, 0.15) is 34.8 Å². The zero-order chi connectivity index (χ0) is 20.8. The molecular formula is C20H21FN2O5. The van der Waals surface area contributed by atoms with Gasteiger partial charge < -0.3 is 14.6 Å². The van der Waals surface area contributed by atoms with Gasteiger partial charge in [-0.15, -0.1) is 0 Å². The Morgan fingerprint density at radius 2 is 2.00 bits per heavy atom. The second-order valence-corrected chi connectivity index (χ2v) is 6.09. The lowest BCUT2D eigenvalue weighted by Crippen LogP contribution is -2.32. The number of aromatic nitrogens is 1. The first kappa shape index (κ1) is 21.1. The molecule has 7 nitrogen and oxygen atoms in total. The Bertz CT molecular complexity index is 961. The maximum atomic E-state index is 13.1. The maximum absolute atomic E-state index is 13.1. The minimum Gasteiger partial charge on any atom is -0.494 e. The van der Waals surface area contributed by atoms with Gasteiger partial charge in [-0.25, -0.2) is 4.39 Å². The summed E-state index contributed by atoms with van der Waals surface area (Å²) >= 11 is 0. The molecule has 1 N–H and O–H groups in total. The first-order chi connectivity index (χ1) is 13.3. The predicted octanol–water partition coefficient (Wildman–Crippen LogP) is 2.56. The van der Waals surface area contributed by atoms with Crippen LogP contribution in [0, 0.1) is 24.1 Å². The van der Waals surface area contributed by atoms with E-state index in [-0.39, 0.29) is 42.0 Å². The van der Waals surface area contributed by atoms with E-state index in [2.05, 4.69) is 0 Å². The van der Waals surface area contributed by atoms with Crippen molar-refractivity contribution in [3.05, 3.63) is 57.1 Å². The van der Waals surface area contributed by atoms with Crippen molar-refractivity contribution < 1.29 is 23.8 Å². The Kier molecular flexibility index (Phi) is 6.90. The lowest BCUT2D eigenvalue weighted by atomic mass is 9.97. The number of nitriles is 1. The van der Waals surface area contributed by atoms with Gasteiger partial charge in [0.1, 0.15) is 23.2 Å². The molecule has 2 aromatic rings. The van der Waals surface area contributed by atoms with E-state index in [1.54, 1.807) is 13.0 Å². The first-order valence-electron chi connectivity index (χ1n) is 8.67. The number of hydrogen-bond acceptors (Lipinski definition) is 6. The number of carbonyl (C=O) groups excluding carboxylic acids is 1. The lowest BCUT2D eigenvalue weighted by molar-refractivity contribution is 0.0780. The SMILES string of the molecule is CCC(Oc1ccc(F)cc1)C(=O)c1c(C)c(C#N)c(=O)n(CCOC)c1O. The molecule has 0 fully saturated rings. The third kappa shape index (κ3) is 4.21. The normalized spacial score (nSPS) is 11.7. The Balaban J connectivity index is 2.51. The summed E-state index contributed by atoms with van der Waals surface area (Å²) in [5, 5.41) is 19.9. The highest BCUT2D eigenvalue weighted by atomic mass is 19.1. The van der Waals surface area contributed by atoms with Gasteiger partial charge in [-0.3, -0.25) is 14.2 Å². The van der Waals surface area contributed by atoms with Gasteiger partial charge in [-0.05, 0) is 43.2 Å². The Hall–Kier alpha value is -3.18. The van der Waals surface area contributed by atoms with E-state index in [0.29, 0.717) is 0 Å². The number of benzene rings is 1. The van der Waals surface area contributed by atoms with Crippen LogP contribution in [-0.2, 0) is 11.3 Å². The number of methoxy groups -OCH3 is 1. The third-order valence-electron chi connectivity index (χ3n) is 4.32. The minimum absolute atomic E-state index is 0.0218. The molecule has 28 heavy (non-hydrogen) atoms. The molecule has 0 aliphatic rings. The highest BCUT2D eigenvalue weighted by Crippen LogP contribution is 2.26. The second kappa shape index (κ2) is 9.15. The molecule has 148 valence electrons. The zero-order valence-electron chi connectivity index (χ0n) is 15.9. The van der Waals surface area contributed by atoms with Crippen LogP contribution in [0.15, 0.2) is 29.1 Å². The van der Waals surface area contributed by atoms with Gasteiger partial charge in [0.05, 0.1) is 18.7 Å². The van der Waals surface area contributed by atoms with E-state index in [9.17, 15) is 24.3 Å². The molecule has 2 rings (SSSR count). The van der Waals surface area contributed by atoms with Gasteiger partial charge >= 0.3 is 0 Å². The fourth-order valence-corrected chi connectivity index (χ4v) is 2.80. The van der Waals surface area contributed by atoms with E-state index in [1.807, 2.05) is 0 Å². The van der Waals surface area contributed by atoms with Crippen molar-refractivity contribution in [1.29, 1.82) is 5.26 Å². The molecule has 0 spiro atoms. The smallest absolute Gasteiger partial charge is 0.271 e. The number of ketones is 1. The predicted molar refractivity (Wildman–Crippen MR) is 99.1 cm³/mol. The average molecular weight is 388 g/mol. The number of halogens is 1. The van der Waals surface area contributed by atoms with Gasteiger partial charge in [-0.2, -0.15) is 5.26 Å². The molecule has 0 aliphatic carbocycles. The number of aromatic hydroxyl groups is 1. The Labute approximate surface area is 161 Å². The molecule has 1 heterocycles. The third-order valence-corrected chi connectivity index (χ3v) is 4.32. The van der Waals surface area contributed by atoms with Gasteiger partial charge in [0.15, 0.2) is 6.10 Å². The summed E-state index contributed by atoms with van der Waals surface area (Å²) in [6.07, 6.45) is -0.733. The molecule has 1 unspecified atom stereocenters. The molecule has 0 saturated heterocycles. The molecule has 0 bridgehead atoms. The number of carbonyl (C=O) groups is 1. The largest absolute Gasteiger partial charge is 0.494 e. The zero-order valence-corrected chi connectivity index (χ0v) is 15.9. The quantitative estimate of drug-likeness (QED) is 0.698. The number of pyridine rings is 1. The van der Waals surface area contributed by atoms with E-state index >= 15 is 0 Å². The summed E-state index contributed by atoms with van der Waals surface area (Å²) in [4.78, 5) is 25.5. The molecule has 1 aromatic heterocycles. The van der Waals surface area contributed by atoms with Crippen molar-refractivity contribution in [1.82, 2.24) is 4.57 Å². The monoisotopic (exact) mass is 388 g/mol. The van der Waals surface area contributed by atoms with Gasteiger partial charge in [0.25, 0.3) is 5.56 Å². The van der Waals surface area contributed by atoms with E-state index in [1.165, 1.54) is 38.3 Å². The average Bonchev–Trinajstić information content (AvgIpc) is 2.67. The number of Topliss-reactive ketones (excluding diaryl/α,β-unsaturated/α-hetero) is 1.